The van der Waals surface area contributed by atoms with Crippen LogP contribution in [0.4, 0.5) is 0 Å². The lowest BCUT2D eigenvalue weighted by Crippen LogP contribution is -2.12. The molecule has 0 aliphatic rings. The van der Waals surface area contributed by atoms with Crippen LogP contribution in [0.3, 0.4) is 0 Å². The average molecular weight is 329 g/mol. The number of hydrogen-bond acceptors (Lipinski definition) is 4. The smallest absolute Gasteiger partial charge is 0.315 e. The minimum Gasteiger partial charge on any atom is -0.462 e. The first-order valence-corrected chi connectivity index (χ1v) is 7.39. The van der Waals surface area contributed by atoms with Crippen molar-refractivity contribution in [3.05, 3.63) is 75.1 Å². The van der Waals surface area contributed by atoms with Crippen molar-refractivity contribution >= 4 is 28.5 Å². The largest absolute Gasteiger partial charge is 0.462 e. The van der Waals surface area contributed by atoms with E-state index in [0.29, 0.717) is 22.3 Å². The molecule has 0 atom stereocenters. The molecule has 0 bridgehead atoms. The van der Waals surface area contributed by atoms with Crippen LogP contribution in [0.1, 0.15) is 11.1 Å². The van der Waals surface area contributed by atoms with E-state index in [2.05, 4.69) is 0 Å². The molecule has 0 radical (unpaired) electrons. The van der Waals surface area contributed by atoms with Gasteiger partial charge in [-0.1, -0.05) is 41.9 Å². The third kappa shape index (κ3) is 3.12. The maximum absolute atomic E-state index is 12.1. The number of hydrogen-bond donors (Lipinski definition) is 0. The zero-order chi connectivity index (χ0) is 16.4. The minimum atomic E-state index is -0.380. The number of fused-ring (bicyclic) bond motifs is 1. The highest BCUT2D eigenvalue weighted by Crippen LogP contribution is 2.27. The van der Waals surface area contributed by atoms with Crippen molar-refractivity contribution in [3.63, 3.8) is 0 Å². The fraction of sp³-hybridized carbons (Fsp3) is 0.111. The van der Waals surface area contributed by atoms with Crippen molar-refractivity contribution in [2.24, 2.45) is 0 Å². The van der Waals surface area contributed by atoms with Crippen LogP contribution in [-0.4, -0.2) is 5.97 Å². The van der Waals surface area contributed by atoms with Gasteiger partial charge >= 0.3 is 5.97 Å². The molecule has 1 heterocycles. The van der Waals surface area contributed by atoms with Gasteiger partial charge < -0.3 is 9.15 Å². The molecule has 0 N–H and O–H groups in total. The summed E-state index contributed by atoms with van der Waals surface area (Å²) in [6.45, 7) is 1.73. The van der Waals surface area contributed by atoms with Crippen LogP contribution >= 0.6 is 11.6 Å². The Morgan fingerprint density at radius 2 is 1.91 bits per heavy atom. The molecule has 0 unspecified atom stereocenters. The second kappa shape index (κ2) is 6.26. The van der Waals surface area contributed by atoms with Gasteiger partial charge in [0.25, 0.3) is 0 Å². The summed E-state index contributed by atoms with van der Waals surface area (Å²) in [6.07, 6.45) is 1.36. The predicted octanol–water partition coefficient (Wildman–Crippen LogP) is 3.90. The number of carbonyl (C=O) groups excluding carboxylic acids is 1. The first kappa shape index (κ1) is 15.3. The normalized spacial score (nSPS) is 10.7. The SMILES string of the molecule is Cc1c(OC(=O)Cc2ccccc2)ccc2c(=O)c(Cl)coc12. The fourth-order valence-corrected chi connectivity index (χ4v) is 2.48. The first-order chi connectivity index (χ1) is 11.1. The van der Waals surface area contributed by atoms with Crippen molar-refractivity contribution in [2.45, 2.75) is 13.3 Å². The summed E-state index contributed by atoms with van der Waals surface area (Å²) in [6, 6.07) is 12.4. The standard InChI is InChI=1S/C18H13ClO4/c1-11-15(23-16(20)9-12-5-3-2-4-6-12)8-7-13-17(21)14(19)10-22-18(11)13/h2-8,10H,9H2,1H3. The number of halogens is 1. The molecule has 23 heavy (non-hydrogen) atoms. The summed E-state index contributed by atoms with van der Waals surface area (Å²) < 4.78 is 10.8. The molecule has 0 spiro atoms. The van der Waals surface area contributed by atoms with Crippen molar-refractivity contribution in [1.82, 2.24) is 0 Å². The molecule has 3 aromatic rings. The quantitative estimate of drug-likeness (QED) is 0.540. The third-order valence-corrected chi connectivity index (χ3v) is 3.77. The molecular formula is C18H13ClO4. The van der Waals surface area contributed by atoms with Gasteiger partial charge in [0.15, 0.2) is 0 Å². The van der Waals surface area contributed by atoms with Crippen LogP contribution in [-0.2, 0) is 11.2 Å². The molecule has 4 nitrogen and oxygen atoms in total. The predicted molar refractivity (Wildman–Crippen MR) is 88.0 cm³/mol. The molecule has 2 aromatic carbocycles. The van der Waals surface area contributed by atoms with Gasteiger partial charge in [0.1, 0.15) is 22.6 Å². The van der Waals surface area contributed by atoms with E-state index in [1.165, 1.54) is 6.26 Å². The van der Waals surface area contributed by atoms with Gasteiger partial charge in [-0.05, 0) is 24.6 Å². The van der Waals surface area contributed by atoms with Gasteiger partial charge in [-0.2, -0.15) is 0 Å². The van der Waals surface area contributed by atoms with Gasteiger partial charge in [0, 0.05) is 5.56 Å². The van der Waals surface area contributed by atoms with Crippen LogP contribution in [0, 0.1) is 6.92 Å². The molecular weight excluding hydrogens is 316 g/mol. The Kier molecular flexibility index (Phi) is 4.17. The number of rotatable bonds is 3. The number of esters is 1. The Morgan fingerprint density at radius 3 is 2.65 bits per heavy atom. The second-order valence-corrected chi connectivity index (χ2v) is 5.52. The van der Waals surface area contributed by atoms with E-state index in [0.717, 1.165) is 5.56 Å². The molecule has 0 saturated carbocycles. The van der Waals surface area contributed by atoms with E-state index in [1.54, 1.807) is 19.1 Å². The Bertz CT molecular complexity index is 929. The van der Waals surface area contributed by atoms with Gasteiger partial charge in [-0.25, -0.2) is 0 Å². The lowest BCUT2D eigenvalue weighted by Gasteiger charge is -2.09. The van der Waals surface area contributed by atoms with Crippen LogP contribution < -0.4 is 10.2 Å². The lowest BCUT2D eigenvalue weighted by atomic mass is 10.1. The zero-order valence-electron chi connectivity index (χ0n) is 12.3. The summed E-state index contributed by atoms with van der Waals surface area (Å²) in [4.78, 5) is 24.0. The van der Waals surface area contributed by atoms with Crippen LogP contribution in [0.25, 0.3) is 11.0 Å². The zero-order valence-corrected chi connectivity index (χ0v) is 13.1. The maximum Gasteiger partial charge on any atom is 0.315 e. The maximum atomic E-state index is 12.1. The van der Waals surface area contributed by atoms with E-state index in [1.807, 2.05) is 30.3 Å². The molecule has 116 valence electrons. The van der Waals surface area contributed by atoms with Crippen LogP contribution in [0.2, 0.25) is 5.02 Å². The molecule has 3 rings (SSSR count). The molecule has 0 amide bonds. The Labute approximate surface area is 137 Å². The van der Waals surface area contributed by atoms with E-state index < -0.39 is 0 Å². The van der Waals surface area contributed by atoms with E-state index in [9.17, 15) is 9.59 Å². The molecule has 5 heteroatoms. The highest BCUT2D eigenvalue weighted by Gasteiger charge is 2.14. The molecule has 0 aliphatic heterocycles. The highest BCUT2D eigenvalue weighted by atomic mass is 35.5. The summed E-state index contributed by atoms with van der Waals surface area (Å²) in [5.74, 6) is -0.0149. The summed E-state index contributed by atoms with van der Waals surface area (Å²) in [5.41, 5.74) is 1.51. The Hall–Kier alpha value is -2.59. The average Bonchev–Trinajstić information content (AvgIpc) is 2.54. The molecule has 0 fully saturated rings. The summed E-state index contributed by atoms with van der Waals surface area (Å²) in [5, 5.41) is 0.378. The number of carbonyl (C=O) groups is 1. The fourth-order valence-electron chi connectivity index (χ4n) is 2.33. The number of benzene rings is 2. The second-order valence-electron chi connectivity index (χ2n) is 5.11. The first-order valence-electron chi connectivity index (χ1n) is 7.01. The third-order valence-electron chi connectivity index (χ3n) is 3.51. The molecule has 0 aliphatic carbocycles. The Morgan fingerprint density at radius 1 is 1.17 bits per heavy atom. The van der Waals surface area contributed by atoms with Gasteiger partial charge in [-0.15, -0.1) is 0 Å². The molecule has 0 saturated heterocycles. The summed E-state index contributed by atoms with van der Waals surface area (Å²) >= 11 is 5.76. The number of aryl methyl sites for hydroxylation is 1. The summed E-state index contributed by atoms with van der Waals surface area (Å²) in [7, 11) is 0. The minimum absolute atomic E-state index is 0.0192. The number of ether oxygens (including phenoxy) is 1. The van der Waals surface area contributed by atoms with Crippen LogP contribution in [0.5, 0.6) is 5.75 Å². The van der Waals surface area contributed by atoms with E-state index >= 15 is 0 Å². The van der Waals surface area contributed by atoms with E-state index in [-0.39, 0.29) is 22.8 Å². The lowest BCUT2D eigenvalue weighted by molar-refractivity contribution is -0.133. The monoisotopic (exact) mass is 328 g/mol. The topological polar surface area (TPSA) is 56.5 Å². The van der Waals surface area contributed by atoms with Crippen molar-refractivity contribution in [3.8, 4) is 5.75 Å². The van der Waals surface area contributed by atoms with Gasteiger partial charge in [0.05, 0.1) is 11.8 Å². The van der Waals surface area contributed by atoms with Crippen molar-refractivity contribution in [1.29, 1.82) is 0 Å². The van der Waals surface area contributed by atoms with E-state index in [4.69, 9.17) is 20.8 Å². The van der Waals surface area contributed by atoms with Crippen LogP contribution in [0.15, 0.2) is 57.9 Å². The van der Waals surface area contributed by atoms with Crippen molar-refractivity contribution in [2.75, 3.05) is 0 Å². The van der Waals surface area contributed by atoms with Gasteiger partial charge in [-0.3, -0.25) is 9.59 Å². The Balaban J connectivity index is 1.89. The van der Waals surface area contributed by atoms with Crippen molar-refractivity contribution < 1.29 is 13.9 Å². The highest BCUT2D eigenvalue weighted by molar-refractivity contribution is 6.30. The molecule has 1 aromatic heterocycles. The van der Waals surface area contributed by atoms with Gasteiger partial charge in [0.2, 0.25) is 5.43 Å².